The zero-order chi connectivity index (χ0) is 25.0. The molecule has 0 saturated carbocycles. The fourth-order valence-corrected chi connectivity index (χ4v) is 6.85. The van der Waals surface area contributed by atoms with Gasteiger partial charge >= 0.3 is 0 Å². The van der Waals surface area contributed by atoms with Crippen molar-refractivity contribution < 1.29 is 18.1 Å². The molecule has 2 N–H and O–H groups in total. The molecule has 1 amide bonds. The summed E-state index contributed by atoms with van der Waals surface area (Å²) in [5.41, 5.74) is 3.18. The van der Waals surface area contributed by atoms with Crippen LogP contribution in [0.15, 0.2) is 107 Å². The van der Waals surface area contributed by atoms with Crippen molar-refractivity contribution >= 4 is 33.0 Å². The minimum atomic E-state index is -3.74. The molecule has 1 aliphatic rings. The van der Waals surface area contributed by atoms with E-state index in [2.05, 4.69) is 53.3 Å². The fraction of sp³-hybridized carbons (Fsp3) is 0.179. The Balaban J connectivity index is 1.33. The third kappa shape index (κ3) is 5.21. The van der Waals surface area contributed by atoms with E-state index < -0.39 is 10.0 Å². The number of rotatable bonds is 7. The molecule has 0 radical (unpaired) electrons. The quantitative estimate of drug-likeness (QED) is 0.392. The zero-order valence-corrected chi connectivity index (χ0v) is 21.3. The summed E-state index contributed by atoms with van der Waals surface area (Å²) in [6.45, 7) is 2.78. The van der Waals surface area contributed by atoms with Gasteiger partial charge in [-0.15, -0.1) is 11.3 Å². The number of quaternary nitrogens is 1. The topological polar surface area (TPSA) is 70.9 Å². The van der Waals surface area contributed by atoms with Crippen molar-refractivity contribution in [1.82, 2.24) is 4.90 Å². The Kier molecular flexibility index (Phi) is 7.18. The Morgan fingerprint density at radius 3 is 1.97 bits per heavy atom. The minimum absolute atomic E-state index is 0.158. The molecule has 0 bridgehead atoms. The first-order valence-electron chi connectivity index (χ1n) is 11.9. The van der Waals surface area contributed by atoms with Gasteiger partial charge < -0.3 is 9.80 Å². The Labute approximate surface area is 215 Å². The van der Waals surface area contributed by atoms with Gasteiger partial charge in [0.05, 0.1) is 37.4 Å². The maximum atomic E-state index is 13.5. The Morgan fingerprint density at radius 1 is 0.806 bits per heavy atom. The molecule has 6 nitrogen and oxygen atoms in total. The lowest BCUT2D eigenvalue weighted by Crippen LogP contribution is -3.15. The number of amides is 1. The zero-order valence-electron chi connectivity index (χ0n) is 19.7. The average molecular weight is 519 g/mol. The van der Waals surface area contributed by atoms with Crippen molar-refractivity contribution in [2.24, 2.45) is 0 Å². The first-order chi connectivity index (χ1) is 17.5. The highest BCUT2D eigenvalue weighted by Gasteiger charge is 2.32. The van der Waals surface area contributed by atoms with E-state index in [-0.39, 0.29) is 16.2 Å². The maximum Gasteiger partial charge on any atom is 0.271 e. The Bertz CT molecular complexity index is 1360. The average Bonchev–Trinajstić information content (AvgIpc) is 3.47. The van der Waals surface area contributed by atoms with Crippen LogP contribution >= 0.6 is 11.3 Å². The molecule has 2 heterocycles. The lowest BCUT2D eigenvalue weighted by molar-refractivity contribution is -0.929. The van der Waals surface area contributed by atoms with Crippen LogP contribution in [0.5, 0.6) is 0 Å². The number of nitrogens with one attached hydrogen (secondary N) is 2. The van der Waals surface area contributed by atoms with Crippen molar-refractivity contribution in [1.29, 1.82) is 0 Å². The van der Waals surface area contributed by atoms with Gasteiger partial charge in [-0.05, 0) is 23.6 Å². The lowest BCUT2D eigenvalue weighted by atomic mass is 9.96. The number of para-hydroxylation sites is 1. The van der Waals surface area contributed by atoms with E-state index in [0.717, 1.165) is 24.4 Å². The van der Waals surface area contributed by atoms with Gasteiger partial charge in [-0.2, -0.15) is 0 Å². The van der Waals surface area contributed by atoms with E-state index in [1.807, 2.05) is 17.0 Å². The van der Waals surface area contributed by atoms with E-state index in [0.29, 0.717) is 24.3 Å². The molecule has 0 atom stereocenters. The highest BCUT2D eigenvalue weighted by molar-refractivity contribution is 7.94. The number of sulfonamides is 1. The molecule has 0 aliphatic carbocycles. The van der Waals surface area contributed by atoms with Gasteiger partial charge in [-0.3, -0.25) is 9.52 Å². The van der Waals surface area contributed by atoms with E-state index >= 15 is 0 Å². The van der Waals surface area contributed by atoms with E-state index in [4.69, 9.17) is 0 Å². The Morgan fingerprint density at radius 2 is 1.39 bits per heavy atom. The summed E-state index contributed by atoms with van der Waals surface area (Å²) in [5, 5.41) is 1.71. The van der Waals surface area contributed by atoms with Crippen LogP contribution in [-0.4, -0.2) is 45.4 Å². The lowest BCUT2D eigenvalue weighted by Gasteiger charge is -2.37. The number of carbonyl (C=O) groups excluding carboxylic acids is 1. The van der Waals surface area contributed by atoms with Gasteiger partial charge in [0.25, 0.3) is 15.9 Å². The van der Waals surface area contributed by atoms with Crippen LogP contribution in [0.4, 0.5) is 5.69 Å². The van der Waals surface area contributed by atoms with Gasteiger partial charge in [0.15, 0.2) is 0 Å². The Hall–Kier alpha value is -3.46. The molecule has 8 heteroatoms. The second-order valence-electron chi connectivity index (χ2n) is 8.79. The van der Waals surface area contributed by atoms with Crippen molar-refractivity contribution in [3.63, 3.8) is 0 Å². The number of hydrogen-bond donors (Lipinski definition) is 2. The van der Waals surface area contributed by atoms with Crippen LogP contribution < -0.4 is 9.62 Å². The molecule has 36 heavy (non-hydrogen) atoms. The first-order valence-corrected chi connectivity index (χ1v) is 14.3. The van der Waals surface area contributed by atoms with Crippen LogP contribution in [0.25, 0.3) is 0 Å². The minimum Gasteiger partial charge on any atom is -0.327 e. The van der Waals surface area contributed by atoms with E-state index in [1.165, 1.54) is 16.0 Å². The summed E-state index contributed by atoms with van der Waals surface area (Å²) in [6, 6.07) is 31.2. The van der Waals surface area contributed by atoms with Crippen molar-refractivity contribution in [3.8, 4) is 0 Å². The molecular weight excluding hydrogens is 490 g/mol. The SMILES string of the molecule is O=C(c1ccccc1NS(=O)(=O)c1cccs1)N1CC[NH+](C(c2ccccc2)c2ccccc2)CC1. The van der Waals surface area contributed by atoms with Crippen LogP contribution in [-0.2, 0) is 10.0 Å². The summed E-state index contributed by atoms with van der Waals surface area (Å²) >= 11 is 1.14. The molecule has 0 unspecified atom stereocenters. The number of hydrogen-bond acceptors (Lipinski definition) is 4. The highest BCUT2D eigenvalue weighted by atomic mass is 32.2. The molecule has 1 aliphatic heterocycles. The molecule has 3 aromatic carbocycles. The molecule has 1 fully saturated rings. The number of thiophene rings is 1. The molecule has 184 valence electrons. The normalized spacial score (nSPS) is 14.6. The summed E-state index contributed by atoms with van der Waals surface area (Å²) < 4.78 is 28.4. The van der Waals surface area contributed by atoms with Crippen LogP contribution in [0.3, 0.4) is 0 Å². The molecule has 5 rings (SSSR count). The molecule has 4 aromatic rings. The van der Waals surface area contributed by atoms with Crippen LogP contribution in [0, 0.1) is 0 Å². The predicted molar refractivity (Wildman–Crippen MR) is 143 cm³/mol. The van der Waals surface area contributed by atoms with Crippen LogP contribution in [0.2, 0.25) is 0 Å². The largest absolute Gasteiger partial charge is 0.327 e. The smallest absolute Gasteiger partial charge is 0.271 e. The molecule has 0 spiro atoms. The second-order valence-corrected chi connectivity index (χ2v) is 11.6. The fourth-order valence-electron chi connectivity index (χ4n) is 4.78. The number of piperazine rings is 1. The van der Waals surface area contributed by atoms with Gasteiger partial charge in [-0.25, -0.2) is 8.42 Å². The highest BCUT2D eigenvalue weighted by Crippen LogP contribution is 2.24. The summed E-state index contributed by atoms with van der Waals surface area (Å²) in [5.74, 6) is -0.158. The van der Waals surface area contributed by atoms with E-state index in [1.54, 1.807) is 41.8 Å². The van der Waals surface area contributed by atoms with Gasteiger partial charge in [0.1, 0.15) is 10.3 Å². The van der Waals surface area contributed by atoms with Crippen molar-refractivity contribution in [2.75, 3.05) is 30.9 Å². The van der Waals surface area contributed by atoms with Gasteiger partial charge in [0, 0.05) is 11.1 Å². The third-order valence-corrected chi connectivity index (χ3v) is 9.29. The number of carbonyl (C=O) groups is 1. The monoisotopic (exact) mass is 518 g/mol. The number of anilines is 1. The van der Waals surface area contributed by atoms with Crippen molar-refractivity contribution in [2.45, 2.75) is 10.3 Å². The van der Waals surface area contributed by atoms with Crippen LogP contribution in [0.1, 0.15) is 27.5 Å². The number of benzene rings is 3. The third-order valence-electron chi connectivity index (χ3n) is 6.53. The maximum absolute atomic E-state index is 13.5. The van der Waals surface area contributed by atoms with Crippen molar-refractivity contribution in [3.05, 3.63) is 119 Å². The summed E-state index contributed by atoms with van der Waals surface area (Å²) in [6.07, 6.45) is 0. The predicted octanol–water partition coefficient (Wildman–Crippen LogP) is 3.68. The van der Waals surface area contributed by atoms with Gasteiger partial charge in [-0.1, -0.05) is 78.9 Å². The second kappa shape index (κ2) is 10.7. The number of nitrogens with zero attached hydrogens (tertiary/aromatic N) is 1. The molecule has 1 saturated heterocycles. The molecule has 1 aromatic heterocycles. The van der Waals surface area contributed by atoms with Gasteiger partial charge in [0.2, 0.25) is 0 Å². The van der Waals surface area contributed by atoms with E-state index in [9.17, 15) is 13.2 Å². The summed E-state index contributed by atoms with van der Waals surface area (Å²) in [4.78, 5) is 16.7. The summed E-state index contributed by atoms with van der Waals surface area (Å²) in [7, 11) is -3.74. The first kappa shape index (κ1) is 24.2. The molecular formula is C28H28N3O3S2+. The standard InChI is InChI=1S/C28H27N3O3S2/c32-28(24-14-7-8-15-25(24)29-36(33,34)26-16-9-21-35-26)31-19-17-30(18-20-31)27(22-10-3-1-4-11-22)23-12-5-2-6-13-23/h1-16,21,27,29H,17-20H2/p+1.